The van der Waals surface area contributed by atoms with Crippen molar-refractivity contribution in [3.05, 3.63) is 108 Å². The van der Waals surface area contributed by atoms with Crippen LogP contribution in [0.4, 0.5) is 0 Å². The molecular weight excluding hydrogens is 356 g/mol. The lowest BCUT2D eigenvalue weighted by Crippen LogP contribution is -1.99. The van der Waals surface area contributed by atoms with Crippen molar-refractivity contribution in [1.29, 1.82) is 0 Å². The highest BCUT2D eigenvalue weighted by Crippen LogP contribution is 2.38. The van der Waals surface area contributed by atoms with Crippen LogP contribution in [0.1, 0.15) is 11.1 Å². The summed E-state index contributed by atoms with van der Waals surface area (Å²) >= 11 is 0. The maximum atomic E-state index is 5.85. The van der Waals surface area contributed by atoms with Crippen LogP contribution in [0.3, 0.4) is 0 Å². The molecule has 4 aromatic carbocycles. The van der Waals surface area contributed by atoms with Gasteiger partial charge in [0.2, 0.25) is 0 Å². The summed E-state index contributed by atoms with van der Waals surface area (Å²) in [5.41, 5.74) is 6.77. The Labute approximate surface area is 172 Å². The lowest BCUT2D eigenvalue weighted by Gasteiger charge is -2.17. The van der Waals surface area contributed by atoms with Crippen molar-refractivity contribution in [1.82, 2.24) is 0 Å². The van der Waals surface area contributed by atoms with Crippen molar-refractivity contribution >= 4 is 0 Å². The second-order valence-electron chi connectivity index (χ2n) is 6.90. The predicted octanol–water partition coefficient (Wildman–Crippen LogP) is 6.63. The van der Waals surface area contributed by atoms with Crippen LogP contribution in [0.5, 0.6) is 11.5 Å². The van der Waals surface area contributed by atoms with Gasteiger partial charge < -0.3 is 9.47 Å². The van der Waals surface area contributed by atoms with Crippen LogP contribution < -0.4 is 9.47 Å². The average molecular weight is 380 g/mol. The quantitative estimate of drug-likeness (QED) is 0.374. The van der Waals surface area contributed by atoms with E-state index in [1.54, 1.807) is 14.2 Å². The summed E-state index contributed by atoms with van der Waals surface area (Å²) in [7, 11) is 3.48. The van der Waals surface area contributed by atoms with Gasteiger partial charge in [0.25, 0.3) is 0 Å². The SMILES string of the molecule is COc1c(Cc2cccc(-c3ccccc3)c2OC)cccc1-c1ccccc1. The molecule has 0 radical (unpaired) electrons. The van der Waals surface area contributed by atoms with E-state index in [4.69, 9.17) is 9.47 Å². The maximum Gasteiger partial charge on any atom is 0.130 e. The Morgan fingerprint density at radius 1 is 0.483 bits per heavy atom. The van der Waals surface area contributed by atoms with E-state index in [2.05, 4.69) is 60.7 Å². The molecule has 0 saturated carbocycles. The molecule has 4 rings (SSSR count). The zero-order chi connectivity index (χ0) is 20.1. The zero-order valence-corrected chi connectivity index (χ0v) is 16.8. The van der Waals surface area contributed by atoms with E-state index in [1.807, 2.05) is 36.4 Å². The Morgan fingerprint density at radius 3 is 1.28 bits per heavy atom. The van der Waals surface area contributed by atoms with Gasteiger partial charge in [0.1, 0.15) is 11.5 Å². The first kappa shape index (κ1) is 18.8. The monoisotopic (exact) mass is 380 g/mol. The molecule has 4 aromatic rings. The van der Waals surface area contributed by atoms with Crippen molar-refractivity contribution in [3.8, 4) is 33.8 Å². The molecule has 0 fully saturated rings. The van der Waals surface area contributed by atoms with Crippen molar-refractivity contribution < 1.29 is 9.47 Å². The maximum absolute atomic E-state index is 5.85. The number of benzene rings is 4. The van der Waals surface area contributed by atoms with Gasteiger partial charge in [-0.15, -0.1) is 0 Å². The first-order chi connectivity index (χ1) is 14.3. The second kappa shape index (κ2) is 8.66. The van der Waals surface area contributed by atoms with Gasteiger partial charge in [0, 0.05) is 17.5 Å². The Morgan fingerprint density at radius 2 is 0.897 bits per heavy atom. The fraction of sp³-hybridized carbons (Fsp3) is 0.111. The minimum atomic E-state index is 0.730. The Bertz CT molecular complexity index is 997. The van der Waals surface area contributed by atoms with E-state index in [0.29, 0.717) is 0 Å². The summed E-state index contributed by atoms with van der Waals surface area (Å²) in [6.45, 7) is 0. The predicted molar refractivity (Wildman–Crippen MR) is 120 cm³/mol. The van der Waals surface area contributed by atoms with Gasteiger partial charge in [-0.25, -0.2) is 0 Å². The van der Waals surface area contributed by atoms with Crippen LogP contribution in [0.2, 0.25) is 0 Å². The van der Waals surface area contributed by atoms with Gasteiger partial charge in [0.15, 0.2) is 0 Å². The molecule has 0 aliphatic rings. The van der Waals surface area contributed by atoms with E-state index < -0.39 is 0 Å². The molecule has 144 valence electrons. The van der Waals surface area contributed by atoms with Crippen LogP contribution in [0, 0.1) is 0 Å². The molecule has 29 heavy (non-hydrogen) atoms. The highest BCUT2D eigenvalue weighted by atomic mass is 16.5. The van der Waals surface area contributed by atoms with Crippen molar-refractivity contribution in [2.45, 2.75) is 6.42 Å². The summed E-state index contributed by atoms with van der Waals surface area (Å²) in [4.78, 5) is 0. The van der Waals surface area contributed by atoms with Crippen LogP contribution in [0.25, 0.3) is 22.3 Å². The molecule has 0 aliphatic heterocycles. The first-order valence-electron chi connectivity index (χ1n) is 9.74. The van der Waals surface area contributed by atoms with Gasteiger partial charge in [-0.1, -0.05) is 97.1 Å². The number of para-hydroxylation sites is 2. The smallest absolute Gasteiger partial charge is 0.130 e. The molecule has 0 heterocycles. The van der Waals surface area contributed by atoms with E-state index in [0.717, 1.165) is 51.3 Å². The van der Waals surface area contributed by atoms with E-state index in [9.17, 15) is 0 Å². The standard InChI is InChI=1S/C27H24O2/c1-28-26-22(15-9-17-24(26)20-11-5-3-6-12-20)19-23-16-10-18-25(27(23)29-2)21-13-7-4-8-14-21/h3-18H,19H2,1-2H3. The van der Waals surface area contributed by atoms with Crippen LogP contribution in [-0.2, 0) is 6.42 Å². The summed E-state index contributed by atoms with van der Waals surface area (Å²) in [6, 6.07) is 33.3. The molecule has 0 unspecified atom stereocenters. The molecule has 0 saturated heterocycles. The second-order valence-corrected chi connectivity index (χ2v) is 6.90. The summed E-state index contributed by atoms with van der Waals surface area (Å²) in [5.74, 6) is 1.82. The summed E-state index contributed by atoms with van der Waals surface area (Å²) in [5, 5.41) is 0. The third-order valence-corrected chi connectivity index (χ3v) is 5.15. The number of rotatable bonds is 6. The van der Waals surface area contributed by atoms with E-state index in [-0.39, 0.29) is 0 Å². The molecule has 0 atom stereocenters. The first-order valence-corrected chi connectivity index (χ1v) is 9.74. The molecule has 0 spiro atoms. The summed E-state index contributed by atoms with van der Waals surface area (Å²) in [6.07, 6.45) is 0.730. The van der Waals surface area contributed by atoms with Gasteiger partial charge in [0.05, 0.1) is 14.2 Å². The van der Waals surface area contributed by atoms with Crippen LogP contribution >= 0.6 is 0 Å². The highest BCUT2D eigenvalue weighted by Gasteiger charge is 2.15. The number of ether oxygens (including phenoxy) is 2. The molecule has 2 nitrogen and oxygen atoms in total. The molecule has 0 aliphatic carbocycles. The summed E-state index contributed by atoms with van der Waals surface area (Å²) < 4.78 is 11.7. The third kappa shape index (κ3) is 3.88. The lowest BCUT2D eigenvalue weighted by atomic mass is 9.94. The van der Waals surface area contributed by atoms with Gasteiger partial charge in [-0.3, -0.25) is 0 Å². The topological polar surface area (TPSA) is 18.5 Å². The number of hydrogen-bond donors (Lipinski definition) is 0. The molecule has 0 bridgehead atoms. The van der Waals surface area contributed by atoms with E-state index in [1.165, 1.54) is 0 Å². The minimum Gasteiger partial charge on any atom is -0.496 e. The average Bonchev–Trinajstić information content (AvgIpc) is 2.80. The number of hydrogen-bond acceptors (Lipinski definition) is 2. The molecule has 0 N–H and O–H groups in total. The fourth-order valence-corrected chi connectivity index (χ4v) is 3.83. The Kier molecular flexibility index (Phi) is 5.62. The van der Waals surface area contributed by atoms with Gasteiger partial charge >= 0.3 is 0 Å². The van der Waals surface area contributed by atoms with E-state index >= 15 is 0 Å². The Hall–Kier alpha value is -3.52. The normalized spacial score (nSPS) is 10.6. The number of methoxy groups -OCH3 is 2. The Balaban J connectivity index is 1.77. The molecule has 2 heteroatoms. The molecule has 0 aromatic heterocycles. The third-order valence-electron chi connectivity index (χ3n) is 5.15. The van der Waals surface area contributed by atoms with Gasteiger partial charge in [-0.05, 0) is 22.3 Å². The van der Waals surface area contributed by atoms with Crippen LogP contribution in [-0.4, -0.2) is 14.2 Å². The largest absolute Gasteiger partial charge is 0.496 e. The fourth-order valence-electron chi connectivity index (χ4n) is 3.83. The van der Waals surface area contributed by atoms with Crippen molar-refractivity contribution in [2.24, 2.45) is 0 Å². The van der Waals surface area contributed by atoms with Crippen molar-refractivity contribution in [2.75, 3.05) is 14.2 Å². The zero-order valence-electron chi connectivity index (χ0n) is 16.8. The molecular formula is C27H24O2. The minimum absolute atomic E-state index is 0.730. The van der Waals surface area contributed by atoms with Crippen LogP contribution in [0.15, 0.2) is 97.1 Å². The highest BCUT2D eigenvalue weighted by molar-refractivity contribution is 5.74. The molecule has 0 amide bonds. The van der Waals surface area contributed by atoms with Crippen molar-refractivity contribution in [3.63, 3.8) is 0 Å². The van der Waals surface area contributed by atoms with Gasteiger partial charge in [-0.2, -0.15) is 0 Å². The lowest BCUT2D eigenvalue weighted by molar-refractivity contribution is 0.407.